The number of nitrogens with one attached hydrogen (secondary N) is 2. The molecular formula is C17H17ClN2O4S. The van der Waals surface area contributed by atoms with Crippen LogP contribution < -0.4 is 14.8 Å². The molecule has 1 aliphatic heterocycles. The van der Waals surface area contributed by atoms with Gasteiger partial charge < -0.3 is 10.1 Å². The first-order valence-corrected chi connectivity index (χ1v) is 9.59. The molecule has 1 heterocycles. The standard InChI is InChI=1S/C17H17ClN2O4S/c18-13-5-3-6-14(11-13)25(22,23)20-9-8-19-17(21)16-10-12-4-1-2-7-15(12)24-16/h1-7,11,16,20H,8-10H2,(H,19,21). The third-order valence-electron chi connectivity index (χ3n) is 3.76. The number of hydrogen-bond acceptors (Lipinski definition) is 4. The number of carbonyl (C=O) groups excluding carboxylic acids is 1. The van der Waals surface area contributed by atoms with Crippen LogP contribution in [0.25, 0.3) is 0 Å². The third-order valence-corrected chi connectivity index (χ3v) is 5.46. The molecule has 0 saturated heterocycles. The maximum absolute atomic E-state index is 12.1. The molecule has 0 aliphatic carbocycles. The molecule has 8 heteroatoms. The molecule has 0 aromatic heterocycles. The number of benzene rings is 2. The van der Waals surface area contributed by atoms with Crippen molar-refractivity contribution < 1.29 is 17.9 Å². The number of rotatable bonds is 6. The van der Waals surface area contributed by atoms with Crippen LogP contribution in [0.4, 0.5) is 0 Å². The first-order chi connectivity index (χ1) is 12.0. The van der Waals surface area contributed by atoms with Gasteiger partial charge in [-0.1, -0.05) is 35.9 Å². The van der Waals surface area contributed by atoms with Gasteiger partial charge >= 0.3 is 0 Å². The van der Waals surface area contributed by atoms with E-state index in [1.165, 1.54) is 12.1 Å². The Labute approximate surface area is 151 Å². The summed E-state index contributed by atoms with van der Waals surface area (Å²) in [6, 6.07) is 13.5. The van der Waals surface area contributed by atoms with Crippen molar-refractivity contribution in [3.63, 3.8) is 0 Å². The molecule has 0 radical (unpaired) electrons. The maximum Gasteiger partial charge on any atom is 0.261 e. The van der Waals surface area contributed by atoms with E-state index in [0.29, 0.717) is 17.2 Å². The molecule has 1 unspecified atom stereocenters. The second-order valence-electron chi connectivity index (χ2n) is 5.56. The summed E-state index contributed by atoms with van der Waals surface area (Å²) in [4.78, 5) is 12.2. The molecule has 0 saturated carbocycles. The van der Waals surface area contributed by atoms with Crippen molar-refractivity contribution in [2.75, 3.05) is 13.1 Å². The van der Waals surface area contributed by atoms with E-state index in [1.54, 1.807) is 12.1 Å². The van der Waals surface area contributed by atoms with Gasteiger partial charge in [-0.3, -0.25) is 4.79 Å². The first kappa shape index (κ1) is 17.7. The summed E-state index contributed by atoms with van der Waals surface area (Å²) in [5.74, 6) is 0.447. The molecule has 2 aromatic rings. The summed E-state index contributed by atoms with van der Waals surface area (Å²) < 4.78 is 32.3. The van der Waals surface area contributed by atoms with Crippen molar-refractivity contribution >= 4 is 27.5 Å². The number of sulfonamides is 1. The molecule has 1 aliphatic rings. The van der Waals surface area contributed by atoms with Crippen molar-refractivity contribution in [1.29, 1.82) is 0 Å². The highest BCUT2D eigenvalue weighted by atomic mass is 35.5. The molecule has 1 amide bonds. The Balaban J connectivity index is 1.47. The van der Waals surface area contributed by atoms with Gasteiger partial charge in [0.2, 0.25) is 10.0 Å². The van der Waals surface area contributed by atoms with Crippen LogP contribution >= 0.6 is 11.6 Å². The van der Waals surface area contributed by atoms with E-state index in [4.69, 9.17) is 16.3 Å². The molecule has 3 rings (SSSR count). The van der Waals surface area contributed by atoms with Gasteiger partial charge in [0, 0.05) is 24.5 Å². The van der Waals surface area contributed by atoms with Gasteiger partial charge in [-0.2, -0.15) is 0 Å². The second-order valence-corrected chi connectivity index (χ2v) is 7.77. The summed E-state index contributed by atoms with van der Waals surface area (Å²) in [7, 11) is -3.66. The molecular weight excluding hydrogens is 364 g/mol. The SMILES string of the molecule is O=C(NCCNS(=O)(=O)c1cccc(Cl)c1)C1Cc2ccccc2O1. The number of halogens is 1. The van der Waals surface area contributed by atoms with Gasteiger partial charge in [0.1, 0.15) is 5.75 Å². The van der Waals surface area contributed by atoms with Crippen molar-refractivity contribution in [2.24, 2.45) is 0 Å². The summed E-state index contributed by atoms with van der Waals surface area (Å²) in [5, 5.41) is 3.02. The minimum absolute atomic E-state index is 0.0697. The van der Waals surface area contributed by atoms with Gasteiger partial charge in [-0.05, 0) is 29.8 Å². The Morgan fingerprint density at radius 2 is 1.96 bits per heavy atom. The number of amides is 1. The largest absolute Gasteiger partial charge is 0.480 e. The van der Waals surface area contributed by atoms with Crippen LogP contribution in [0.1, 0.15) is 5.56 Å². The van der Waals surface area contributed by atoms with Crippen LogP contribution in [-0.4, -0.2) is 33.5 Å². The Morgan fingerprint density at radius 3 is 2.72 bits per heavy atom. The lowest BCUT2D eigenvalue weighted by Crippen LogP contribution is -2.41. The summed E-state index contributed by atoms with van der Waals surface area (Å²) in [5.41, 5.74) is 0.990. The quantitative estimate of drug-likeness (QED) is 0.747. The van der Waals surface area contributed by atoms with Crippen LogP contribution in [0.15, 0.2) is 53.4 Å². The van der Waals surface area contributed by atoms with Crippen molar-refractivity contribution in [2.45, 2.75) is 17.4 Å². The average Bonchev–Trinajstić information content (AvgIpc) is 3.03. The number of ether oxygens (including phenoxy) is 1. The Hall–Kier alpha value is -2.09. The van der Waals surface area contributed by atoms with E-state index in [2.05, 4.69) is 10.0 Å². The predicted molar refractivity (Wildman–Crippen MR) is 94.2 cm³/mol. The zero-order valence-corrected chi connectivity index (χ0v) is 14.8. The molecule has 0 spiro atoms. The molecule has 25 heavy (non-hydrogen) atoms. The second kappa shape index (κ2) is 7.43. The number of fused-ring (bicyclic) bond motifs is 1. The predicted octanol–water partition coefficient (Wildman–Crippen LogP) is 1.74. The normalized spacial score (nSPS) is 16.1. The lowest BCUT2D eigenvalue weighted by molar-refractivity contribution is -0.127. The molecule has 6 nitrogen and oxygen atoms in total. The number of hydrogen-bond donors (Lipinski definition) is 2. The smallest absolute Gasteiger partial charge is 0.261 e. The Kier molecular flexibility index (Phi) is 5.27. The number of carbonyl (C=O) groups is 1. The first-order valence-electron chi connectivity index (χ1n) is 7.73. The average molecular weight is 381 g/mol. The lowest BCUT2D eigenvalue weighted by Gasteiger charge is -2.12. The van der Waals surface area contributed by atoms with E-state index in [-0.39, 0.29) is 23.9 Å². The van der Waals surface area contributed by atoms with Crippen LogP contribution in [0.5, 0.6) is 5.75 Å². The van der Waals surface area contributed by atoms with Crippen LogP contribution in [0, 0.1) is 0 Å². The fraction of sp³-hybridized carbons (Fsp3) is 0.235. The van der Waals surface area contributed by atoms with Crippen LogP contribution in [0.3, 0.4) is 0 Å². The molecule has 2 aromatic carbocycles. The van der Waals surface area contributed by atoms with E-state index < -0.39 is 16.1 Å². The molecule has 0 fully saturated rings. The highest BCUT2D eigenvalue weighted by molar-refractivity contribution is 7.89. The van der Waals surface area contributed by atoms with E-state index in [0.717, 1.165) is 5.56 Å². The Morgan fingerprint density at radius 1 is 1.16 bits per heavy atom. The van der Waals surface area contributed by atoms with Crippen LogP contribution in [-0.2, 0) is 21.2 Å². The topological polar surface area (TPSA) is 84.5 Å². The van der Waals surface area contributed by atoms with Crippen molar-refractivity contribution in [1.82, 2.24) is 10.0 Å². The fourth-order valence-electron chi connectivity index (χ4n) is 2.53. The van der Waals surface area contributed by atoms with Crippen LogP contribution in [0.2, 0.25) is 5.02 Å². The van der Waals surface area contributed by atoms with Gasteiger partial charge in [0.15, 0.2) is 6.10 Å². The van der Waals surface area contributed by atoms with E-state index >= 15 is 0 Å². The van der Waals surface area contributed by atoms with Crippen molar-refractivity contribution in [3.8, 4) is 5.75 Å². The highest BCUT2D eigenvalue weighted by Crippen LogP contribution is 2.28. The molecule has 132 valence electrons. The van der Waals surface area contributed by atoms with Gasteiger partial charge in [-0.25, -0.2) is 13.1 Å². The third kappa shape index (κ3) is 4.31. The molecule has 0 bridgehead atoms. The van der Waals surface area contributed by atoms with Gasteiger partial charge in [0.25, 0.3) is 5.91 Å². The fourth-order valence-corrected chi connectivity index (χ4v) is 3.86. The minimum atomic E-state index is -3.66. The summed E-state index contributed by atoms with van der Waals surface area (Å²) in [6.07, 6.45) is -0.0714. The number of para-hydroxylation sites is 1. The summed E-state index contributed by atoms with van der Waals surface area (Å²) in [6.45, 7) is 0.231. The lowest BCUT2D eigenvalue weighted by atomic mass is 10.1. The zero-order valence-electron chi connectivity index (χ0n) is 13.2. The Bertz CT molecular complexity index is 861. The molecule has 2 N–H and O–H groups in total. The van der Waals surface area contributed by atoms with E-state index in [1.807, 2.05) is 24.3 Å². The maximum atomic E-state index is 12.1. The monoisotopic (exact) mass is 380 g/mol. The minimum Gasteiger partial charge on any atom is -0.480 e. The summed E-state index contributed by atoms with van der Waals surface area (Å²) >= 11 is 5.80. The highest BCUT2D eigenvalue weighted by Gasteiger charge is 2.28. The zero-order chi connectivity index (χ0) is 17.9. The van der Waals surface area contributed by atoms with Gasteiger partial charge in [0.05, 0.1) is 4.90 Å². The van der Waals surface area contributed by atoms with E-state index in [9.17, 15) is 13.2 Å². The molecule has 1 atom stereocenters. The van der Waals surface area contributed by atoms with Crippen molar-refractivity contribution in [3.05, 3.63) is 59.1 Å². The van der Waals surface area contributed by atoms with Gasteiger partial charge in [-0.15, -0.1) is 0 Å².